The van der Waals surface area contributed by atoms with E-state index in [2.05, 4.69) is 24.1 Å². The summed E-state index contributed by atoms with van der Waals surface area (Å²) in [7, 11) is 0. The molecule has 26 heavy (non-hydrogen) atoms. The normalized spacial score (nSPS) is 11.0. The molecular formula is C20H19Cl2N3O. The zero-order valence-corrected chi connectivity index (χ0v) is 16.1. The van der Waals surface area contributed by atoms with Gasteiger partial charge < -0.3 is 10.2 Å². The van der Waals surface area contributed by atoms with E-state index in [4.69, 9.17) is 23.2 Å². The van der Waals surface area contributed by atoms with E-state index in [9.17, 15) is 10.1 Å². The number of hydrogen-bond donors (Lipinski definition) is 1. The molecule has 0 aliphatic rings. The monoisotopic (exact) mass is 387 g/mol. The molecule has 0 radical (unpaired) electrons. The van der Waals surface area contributed by atoms with E-state index in [1.165, 1.54) is 0 Å². The van der Waals surface area contributed by atoms with Crippen molar-refractivity contribution in [3.63, 3.8) is 0 Å². The molecule has 0 bridgehead atoms. The van der Waals surface area contributed by atoms with Crippen LogP contribution < -0.4 is 10.2 Å². The topological polar surface area (TPSA) is 56.1 Å². The second-order valence-corrected chi connectivity index (χ2v) is 6.27. The molecule has 2 aromatic carbocycles. The van der Waals surface area contributed by atoms with Crippen LogP contribution >= 0.6 is 23.2 Å². The summed E-state index contributed by atoms with van der Waals surface area (Å²) in [4.78, 5) is 14.6. The molecule has 2 rings (SSSR count). The number of hydrogen-bond acceptors (Lipinski definition) is 3. The SMILES string of the molecule is CCN(CC)c1ccc(C=C(C#N)C(=O)Nc2cccc(Cl)c2Cl)cc1. The molecule has 1 N–H and O–H groups in total. The minimum absolute atomic E-state index is 0.0170. The molecule has 6 heteroatoms. The number of carbonyl (C=O) groups is 1. The van der Waals surface area contributed by atoms with Gasteiger partial charge in [0.25, 0.3) is 5.91 Å². The molecule has 134 valence electrons. The highest BCUT2D eigenvalue weighted by Crippen LogP contribution is 2.29. The molecule has 0 saturated heterocycles. The average molecular weight is 388 g/mol. The van der Waals surface area contributed by atoms with E-state index in [-0.39, 0.29) is 10.6 Å². The van der Waals surface area contributed by atoms with Crippen molar-refractivity contribution in [2.45, 2.75) is 13.8 Å². The van der Waals surface area contributed by atoms with Gasteiger partial charge >= 0.3 is 0 Å². The predicted octanol–water partition coefficient (Wildman–Crippen LogP) is 5.39. The minimum atomic E-state index is -0.538. The molecule has 0 saturated carbocycles. The fourth-order valence-corrected chi connectivity index (χ4v) is 2.82. The van der Waals surface area contributed by atoms with E-state index in [1.54, 1.807) is 24.3 Å². The number of nitriles is 1. The molecule has 0 unspecified atom stereocenters. The van der Waals surface area contributed by atoms with Crippen LogP contribution in [0, 0.1) is 11.3 Å². The maximum absolute atomic E-state index is 12.4. The lowest BCUT2D eigenvalue weighted by Crippen LogP contribution is -2.21. The number of rotatable bonds is 6. The summed E-state index contributed by atoms with van der Waals surface area (Å²) in [5.41, 5.74) is 2.21. The van der Waals surface area contributed by atoms with Gasteiger partial charge in [-0.15, -0.1) is 0 Å². The van der Waals surface area contributed by atoms with Gasteiger partial charge in [0.15, 0.2) is 0 Å². The highest BCUT2D eigenvalue weighted by atomic mass is 35.5. The van der Waals surface area contributed by atoms with E-state index in [0.29, 0.717) is 10.7 Å². The van der Waals surface area contributed by atoms with Crippen LogP contribution in [0.5, 0.6) is 0 Å². The van der Waals surface area contributed by atoms with Crippen LogP contribution in [0.1, 0.15) is 19.4 Å². The minimum Gasteiger partial charge on any atom is -0.372 e. The molecule has 0 aliphatic heterocycles. The lowest BCUT2D eigenvalue weighted by Gasteiger charge is -2.20. The first-order valence-corrected chi connectivity index (χ1v) is 8.97. The summed E-state index contributed by atoms with van der Waals surface area (Å²) in [6, 6.07) is 14.5. The Morgan fingerprint density at radius 3 is 2.38 bits per heavy atom. The maximum Gasteiger partial charge on any atom is 0.266 e. The standard InChI is InChI=1S/C20H19Cl2N3O/c1-3-25(4-2)16-10-8-14(9-11-16)12-15(13-23)20(26)24-18-7-5-6-17(21)19(18)22/h5-12H,3-4H2,1-2H3,(H,24,26). The van der Waals surface area contributed by atoms with E-state index < -0.39 is 5.91 Å². The van der Waals surface area contributed by atoms with Crippen molar-refractivity contribution in [3.05, 3.63) is 63.6 Å². The van der Waals surface area contributed by atoms with Crippen molar-refractivity contribution < 1.29 is 4.79 Å². The summed E-state index contributed by atoms with van der Waals surface area (Å²) >= 11 is 12.0. The summed E-state index contributed by atoms with van der Waals surface area (Å²) in [6.45, 7) is 6.02. The molecule has 0 heterocycles. The molecule has 0 atom stereocenters. The van der Waals surface area contributed by atoms with E-state index >= 15 is 0 Å². The van der Waals surface area contributed by atoms with E-state index in [1.807, 2.05) is 30.3 Å². The first-order chi connectivity index (χ1) is 12.5. The van der Waals surface area contributed by atoms with Crippen LogP contribution in [0.15, 0.2) is 48.0 Å². The molecule has 1 amide bonds. The van der Waals surface area contributed by atoms with E-state index in [0.717, 1.165) is 24.3 Å². The van der Waals surface area contributed by atoms with Crippen LogP contribution in [0.2, 0.25) is 10.0 Å². The number of nitrogens with one attached hydrogen (secondary N) is 1. The Labute approximate surface area is 163 Å². The van der Waals surface area contributed by atoms with Crippen molar-refractivity contribution >= 4 is 46.6 Å². The second-order valence-electron chi connectivity index (χ2n) is 5.49. The van der Waals surface area contributed by atoms with Gasteiger partial charge in [0, 0.05) is 18.8 Å². The summed E-state index contributed by atoms with van der Waals surface area (Å²) in [5, 5.41) is 12.5. The Morgan fingerprint density at radius 1 is 1.15 bits per heavy atom. The second kappa shape index (κ2) is 9.28. The summed E-state index contributed by atoms with van der Waals surface area (Å²) in [5.74, 6) is -0.538. The van der Waals surface area contributed by atoms with Crippen molar-refractivity contribution in [2.75, 3.05) is 23.3 Å². The number of nitrogens with zero attached hydrogens (tertiary/aromatic N) is 2. The van der Waals surface area contributed by atoms with Gasteiger partial charge in [-0.3, -0.25) is 4.79 Å². The van der Waals surface area contributed by atoms with Crippen LogP contribution in [-0.4, -0.2) is 19.0 Å². The summed E-state index contributed by atoms with van der Waals surface area (Å²) in [6.07, 6.45) is 1.54. The molecule has 0 aliphatic carbocycles. The highest BCUT2D eigenvalue weighted by molar-refractivity contribution is 6.44. The fraction of sp³-hybridized carbons (Fsp3) is 0.200. The number of halogens is 2. The Morgan fingerprint density at radius 2 is 1.81 bits per heavy atom. The number of amides is 1. The van der Waals surface area contributed by atoms with Crippen LogP contribution in [-0.2, 0) is 4.79 Å². The highest BCUT2D eigenvalue weighted by Gasteiger charge is 2.13. The lowest BCUT2D eigenvalue weighted by atomic mass is 10.1. The molecule has 0 spiro atoms. The van der Waals surface area contributed by atoms with Crippen molar-refractivity contribution in [2.24, 2.45) is 0 Å². The number of carbonyl (C=O) groups excluding carboxylic acids is 1. The van der Waals surface area contributed by atoms with Gasteiger partial charge in [-0.1, -0.05) is 41.4 Å². The molecule has 0 fully saturated rings. The number of anilines is 2. The first-order valence-electron chi connectivity index (χ1n) is 8.22. The Kier molecular flexibility index (Phi) is 7.08. The van der Waals surface area contributed by atoms with Crippen LogP contribution in [0.25, 0.3) is 6.08 Å². The van der Waals surface area contributed by atoms with Crippen LogP contribution in [0.3, 0.4) is 0 Å². The lowest BCUT2D eigenvalue weighted by molar-refractivity contribution is -0.112. The largest absolute Gasteiger partial charge is 0.372 e. The Hall–Kier alpha value is -2.48. The third-order valence-corrected chi connectivity index (χ3v) is 4.72. The molecule has 4 nitrogen and oxygen atoms in total. The first kappa shape index (κ1) is 19.8. The molecular weight excluding hydrogens is 369 g/mol. The molecule has 2 aromatic rings. The van der Waals surface area contributed by atoms with Gasteiger partial charge in [0.1, 0.15) is 11.6 Å². The maximum atomic E-state index is 12.4. The van der Waals surface area contributed by atoms with Crippen molar-refractivity contribution in [1.29, 1.82) is 5.26 Å². The van der Waals surface area contributed by atoms with Crippen molar-refractivity contribution in [1.82, 2.24) is 0 Å². The van der Waals surface area contributed by atoms with Gasteiger partial charge in [0.05, 0.1) is 15.7 Å². The summed E-state index contributed by atoms with van der Waals surface area (Å²) < 4.78 is 0. The average Bonchev–Trinajstić information content (AvgIpc) is 2.65. The predicted molar refractivity (Wildman–Crippen MR) is 109 cm³/mol. The Bertz CT molecular complexity index is 850. The zero-order valence-electron chi connectivity index (χ0n) is 14.6. The van der Waals surface area contributed by atoms with Gasteiger partial charge in [-0.05, 0) is 49.8 Å². The van der Waals surface area contributed by atoms with Gasteiger partial charge in [-0.25, -0.2) is 0 Å². The smallest absolute Gasteiger partial charge is 0.266 e. The van der Waals surface area contributed by atoms with Crippen molar-refractivity contribution in [3.8, 4) is 6.07 Å². The fourth-order valence-electron chi connectivity index (χ4n) is 2.48. The van der Waals surface area contributed by atoms with Gasteiger partial charge in [-0.2, -0.15) is 5.26 Å². The third-order valence-electron chi connectivity index (χ3n) is 3.90. The van der Waals surface area contributed by atoms with Gasteiger partial charge in [0.2, 0.25) is 0 Å². The quantitative estimate of drug-likeness (QED) is 0.534. The van der Waals surface area contributed by atoms with Crippen LogP contribution in [0.4, 0.5) is 11.4 Å². The molecule has 0 aromatic heterocycles. The Balaban J connectivity index is 2.20. The number of benzene rings is 2. The zero-order chi connectivity index (χ0) is 19.1. The third kappa shape index (κ3) is 4.78.